The summed E-state index contributed by atoms with van der Waals surface area (Å²) < 4.78 is 0. The Hall–Kier alpha value is -1.84. The lowest BCUT2D eigenvalue weighted by atomic mass is 10.2. The first-order valence-electron chi connectivity index (χ1n) is 5.03. The summed E-state index contributed by atoms with van der Waals surface area (Å²) in [5.41, 5.74) is 2.98. The number of imidazole rings is 1. The molecular formula is C13H11ClN2O. The molecule has 0 amide bonds. The van der Waals surface area contributed by atoms with E-state index in [2.05, 4.69) is 9.97 Å². The Morgan fingerprint density at radius 3 is 2.53 bits per heavy atom. The van der Waals surface area contributed by atoms with Crippen LogP contribution in [0.5, 0.6) is 0 Å². The number of hydrogen-bond acceptors (Lipinski definition) is 1. The number of nitrogens with one attached hydrogen (secondary N) is 1. The van der Waals surface area contributed by atoms with Gasteiger partial charge in [0, 0.05) is 10.6 Å². The number of H-pyrrole nitrogens is 1. The van der Waals surface area contributed by atoms with Crippen LogP contribution in [-0.2, 0) is 0 Å². The summed E-state index contributed by atoms with van der Waals surface area (Å²) in [5, 5.41) is 0.718. The van der Waals surface area contributed by atoms with Gasteiger partial charge in [0.25, 0.3) is 0 Å². The van der Waals surface area contributed by atoms with Crippen LogP contribution in [0, 0.1) is 0 Å². The molecule has 3 rings (SSSR count). The minimum atomic E-state index is 0. The first kappa shape index (κ1) is 11.6. The molecule has 1 aromatic heterocycles. The van der Waals surface area contributed by atoms with E-state index in [9.17, 15) is 0 Å². The van der Waals surface area contributed by atoms with Gasteiger partial charge in [-0.1, -0.05) is 41.9 Å². The molecule has 0 unspecified atom stereocenters. The number of benzene rings is 2. The Morgan fingerprint density at radius 1 is 1.00 bits per heavy atom. The Bertz CT molecular complexity index is 634. The molecule has 0 saturated heterocycles. The van der Waals surface area contributed by atoms with Gasteiger partial charge >= 0.3 is 0 Å². The van der Waals surface area contributed by atoms with Gasteiger partial charge in [-0.05, 0) is 18.2 Å². The smallest absolute Gasteiger partial charge is 0.138 e. The van der Waals surface area contributed by atoms with Crippen LogP contribution in [0.3, 0.4) is 0 Å². The van der Waals surface area contributed by atoms with Gasteiger partial charge in [0.05, 0.1) is 11.0 Å². The highest BCUT2D eigenvalue weighted by Gasteiger charge is 2.04. The molecular weight excluding hydrogens is 236 g/mol. The Morgan fingerprint density at radius 2 is 1.76 bits per heavy atom. The number of aromatic amines is 1. The van der Waals surface area contributed by atoms with Gasteiger partial charge in [0.1, 0.15) is 5.82 Å². The van der Waals surface area contributed by atoms with Crippen molar-refractivity contribution in [3.05, 3.63) is 53.6 Å². The van der Waals surface area contributed by atoms with Crippen LogP contribution in [0.25, 0.3) is 22.4 Å². The maximum absolute atomic E-state index is 5.93. The van der Waals surface area contributed by atoms with E-state index in [0.717, 1.165) is 27.4 Å². The van der Waals surface area contributed by atoms with Gasteiger partial charge in [0.2, 0.25) is 0 Å². The molecule has 3 N–H and O–H groups in total. The van der Waals surface area contributed by atoms with Crippen molar-refractivity contribution in [2.45, 2.75) is 0 Å². The Balaban J connectivity index is 0.00000108. The van der Waals surface area contributed by atoms with E-state index in [0.29, 0.717) is 0 Å². The fourth-order valence-electron chi connectivity index (χ4n) is 1.71. The molecule has 0 aliphatic rings. The lowest BCUT2D eigenvalue weighted by Gasteiger charge is -1.93. The fraction of sp³-hybridized carbons (Fsp3) is 0. The Labute approximate surface area is 103 Å². The molecule has 3 aromatic rings. The first-order valence-corrected chi connectivity index (χ1v) is 5.41. The second-order valence-corrected chi connectivity index (χ2v) is 4.05. The normalized spacial score (nSPS) is 10.2. The highest BCUT2D eigenvalue weighted by Crippen LogP contribution is 2.22. The van der Waals surface area contributed by atoms with Gasteiger partial charge in [0.15, 0.2) is 0 Å². The third-order valence-electron chi connectivity index (χ3n) is 2.49. The monoisotopic (exact) mass is 246 g/mol. The molecule has 0 bridgehead atoms. The summed E-state index contributed by atoms with van der Waals surface area (Å²) >= 11 is 5.93. The molecule has 0 fully saturated rings. The predicted octanol–water partition coefficient (Wildman–Crippen LogP) is 3.06. The van der Waals surface area contributed by atoms with E-state index in [-0.39, 0.29) is 5.48 Å². The summed E-state index contributed by atoms with van der Waals surface area (Å²) in [6, 6.07) is 15.7. The van der Waals surface area contributed by atoms with Gasteiger partial charge in [-0.2, -0.15) is 0 Å². The maximum atomic E-state index is 5.93. The highest BCUT2D eigenvalue weighted by atomic mass is 35.5. The van der Waals surface area contributed by atoms with Crippen LogP contribution >= 0.6 is 11.6 Å². The average Bonchev–Trinajstić information content (AvgIpc) is 2.73. The van der Waals surface area contributed by atoms with Gasteiger partial charge < -0.3 is 10.5 Å². The molecule has 17 heavy (non-hydrogen) atoms. The van der Waals surface area contributed by atoms with Crippen LogP contribution in [0.1, 0.15) is 0 Å². The molecule has 1 heterocycles. The molecule has 0 saturated carbocycles. The quantitative estimate of drug-likeness (QED) is 0.705. The van der Waals surface area contributed by atoms with Crippen molar-refractivity contribution >= 4 is 22.6 Å². The first-order chi connectivity index (χ1) is 7.83. The predicted molar refractivity (Wildman–Crippen MR) is 70.2 cm³/mol. The van der Waals surface area contributed by atoms with Crippen molar-refractivity contribution in [1.29, 1.82) is 0 Å². The minimum absolute atomic E-state index is 0. The molecule has 0 aliphatic carbocycles. The van der Waals surface area contributed by atoms with Crippen LogP contribution in [-0.4, -0.2) is 15.4 Å². The molecule has 86 valence electrons. The summed E-state index contributed by atoms with van der Waals surface area (Å²) in [7, 11) is 0. The van der Waals surface area contributed by atoms with Crippen molar-refractivity contribution in [1.82, 2.24) is 9.97 Å². The number of rotatable bonds is 1. The van der Waals surface area contributed by atoms with E-state index in [4.69, 9.17) is 11.6 Å². The van der Waals surface area contributed by atoms with Crippen LogP contribution in [0.4, 0.5) is 0 Å². The van der Waals surface area contributed by atoms with Crippen molar-refractivity contribution in [3.63, 3.8) is 0 Å². The molecule has 2 aromatic carbocycles. The third-order valence-corrected chi connectivity index (χ3v) is 2.73. The van der Waals surface area contributed by atoms with E-state index < -0.39 is 0 Å². The second kappa shape index (κ2) is 4.57. The fourth-order valence-corrected chi connectivity index (χ4v) is 1.89. The van der Waals surface area contributed by atoms with Gasteiger partial charge in [-0.15, -0.1) is 0 Å². The van der Waals surface area contributed by atoms with Gasteiger partial charge in [-0.3, -0.25) is 0 Å². The lowest BCUT2D eigenvalue weighted by Crippen LogP contribution is -1.77. The van der Waals surface area contributed by atoms with E-state index in [1.54, 1.807) is 0 Å². The highest BCUT2D eigenvalue weighted by molar-refractivity contribution is 6.31. The number of hydrogen-bond donors (Lipinski definition) is 1. The summed E-state index contributed by atoms with van der Waals surface area (Å²) in [4.78, 5) is 7.77. The van der Waals surface area contributed by atoms with Crippen molar-refractivity contribution in [3.8, 4) is 11.4 Å². The molecule has 0 radical (unpaired) electrons. The summed E-state index contributed by atoms with van der Waals surface area (Å²) in [5.74, 6) is 0.873. The zero-order chi connectivity index (χ0) is 11.0. The number of fused-ring (bicyclic) bond motifs is 1. The molecule has 0 atom stereocenters. The SMILES string of the molecule is Clc1ccc2nc(-c3ccccc3)[nH]c2c1.O. The summed E-state index contributed by atoms with van der Waals surface area (Å²) in [6.07, 6.45) is 0. The van der Waals surface area contributed by atoms with Crippen molar-refractivity contribution < 1.29 is 5.48 Å². The number of halogens is 1. The molecule has 0 spiro atoms. The van der Waals surface area contributed by atoms with Crippen molar-refractivity contribution in [2.24, 2.45) is 0 Å². The molecule has 0 aliphatic heterocycles. The topological polar surface area (TPSA) is 60.2 Å². The number of aromatic nitrogens is 2. The third kappa shape index (κ3) is 2.16. The van der Waals surface area contributed by atoms with Crippen LogP contribution in [0.15, 0.2) is 48.5 Å². The zero-order valence-corrected chi connectivity index (χ0v) is 9.70. The number of nitrogens with zero attached hydrogens (tertiary/aromatic N) is 1. The Kier molecular flexibility index (Phi) is 3.13. The minimum Gasteiger partial charge on any atom is -0.412 e. The molecule has 3 nitrogen and oxygen atoms in total. The maximum Gasteiger partial charge on any atom is 0.138 e. The van der Waals surface area contributed by atoms with E-state index >= 15 is 0 Å². The van der Waals surface area contributed by atoms with E-state index in [1.165, 1.54) is 0 Å². The van der Waals surface area contributed by atoms with Crippen molar-refractivity contribution in [2.75, 3.05) is 0 Å². The zero-order valence-electron chi connectivity index (χ0n) is 8.94. The molecule has 4 heteroatoms. The standard InChI is InChI=1S/C13H9ClN2.H2O/c14-10-6-7-11-12(8-10)16-13(15-11)9-4-2-1-3-5-9;/h1-8H,(H,15,16);1H2. The summed E-state index contributed by atoms with van der Waals surface area (Å²) in [6.45, 7) is 0. The largest absolute Gasteiger partial charge is 0.412 e. The van der Waals surface area contributed by atoms with Gasteiger partial charge in [-0.25, -0.2) is 4.98 Å². The van der Waals surface area contributed by atoms with Crippen LogP contribution in [0.2, 0.25) is 5.02 Å². The lowest BCUT2D eigenvalue weighted by molar-refractivity contribution is 0.824. The second-order valence-electron chi connectivity index (χ2n) is 3.61. The van der Waals surface area contributed by atoms with E-state index in [1.807, 2.05) is 48.5 Å². The average molecular weight is 247 g/mol. The van der Waals surface area contributed by atoms with Crippen LogP contribution < -0.4 is 0 Å².